The molecule has 33 heavy (non-hydrogen) atoms. The number of aromatic amines is 1. The van der Waals surface area contributed by atoms with Crippen LogP contribution >= 0.6 is 11.6 Å². The normalized spacial score (nSPS) is 14.8. The molecule has 4 rings (SSSR count). The van der Waals surface area contributed by atoms with Gasteiger partial charge in [-0.05, 0) is 26.0 Å². The van der Waals surface area contributed by atoms with E-state index in [0.717, 1.165) is 5.56 Å². The van der Waals surface area contributed by atoms with Crippen molar-refractivity contribution in [1.82, 2.24) is 4.98 Å². The molecule has 7 nitrogen and oxygen atoms in total. The summed E-state index contributed by atoms with van der Waals surface area (Å²) >= 11 is 6.31. The summed E-state index contributed by atoms with van der Waals surface area (Å²) in [4.78, 5) is 15.8. The first-order valence-electron chi connectivity index (χ1n) is 10.4. The molecule has 3 aromatic rings. The lowest BCUT2D eigenvalue weighted by molar-refractivity contribution is 0.266. The van der Waals surface area contributed by atoms with Gasteiger partial charge in [0.05, 0.1) is 18.1 Å². The van der Waals surface area contributed by atoms with Gasteiger partial charge in [0.2, 0.25) is 5.88 Å². The number of pyridine rings is 1. The van der Waals surface area contributed by atoms with Crippen LogP contribution in [0.2, 0.25) is 5.02 Å². The number of aromatic nitrogens is 1. The average Bonchev–Trinajstić information content (AvgIpc) is 2.78. The van der Waals surface area contributed by atoms with Crippen molar-refractivity contribution in [3.63, 3.8) is 0 Å². The first kappa shape index (κ1) is 22.3. The van der Waals surface area contributed by atoms with Gasteiger partial charge in [-0.2, -0.15) is 5.26 Å². The number of halogens is 1. The molecule has 0 fully saturated rings. The first-order valence-corrected chi connectivity index (χ1v) is 10.8. The summed E-state index contributed by atoms with van der Waals surface area (Å²) in [5.74, 6) is 0.326. The third-order valence-corrected chi connectivity index (χ3v) is 5.67. The number of para-hydroxylation sites is 1. The molecule has 0 radical (unpaired) electrons. The van der Waals surface area contributed by atoms with Crippen molar-refractivity contribution >= 4 is 11.6 Å². The minimum Gasteiger partial charge on any atom is -0.490 e. The van der Waals surface area contributed by atoms with Crippen molar-refractivity contribution in [3.05, 3.63) is 97.7 Å². The summed E-state index contributed by atoms with van der Waals surface area (Å²) in [6.07, 6.45) is 0. The summed E-state index contributed by atoms with van der Waals surface area (Å²) in [7, 11) is 0. The molecule has 0 bridgehead atoms. The number of nitrogens with two attached hydrogens (primary N) is 1. The van der Waals surface area contributed by atoms with Gasteiger partial charge in [-0.1, -0.05) is 41.9 Å². The van der Waals surface area contributed by atoms with E-state index >= 15 is 0 Å². The van der Waals surface area contributed by atoms with Crippen LogP contribution in [0.3, 0.4) is 0 Å². The third kappa shape index (κ3) is 4.26. The minimum atomic E-state index is -0.801. The molecule has 8 heteroatoms. The Balaban J connectivity index is 1.90. The number of ether oxygens (including phenoxy) is 3. The fourth-order valence-electron chi connectivity index (χ4n) is 3.87. The SMILES string of the molecule is CCOc1cccc(C2C(C#N)=C(N)Oc3cc(C)[nH]c(=O)c32)c1OCc1ccccc1Cl. The Kier molecular flexibility index (Phi) is 6.29. The third-order valence-electron chi connectivity index (χ3n) is 5.30. The minimum absolute atomic E-state index is 0.0566. The number of benzene rings is 2. The largest absolute Gasteiger partial charge is 0.490 e. The Morgan fingerprint density at radius 1 is 1.21 bits per heavy atom. The van der Waals surface area contributed by atoms with E-state index in [9.17, 15) is 10.1 Å². The highest BCUT2D eigenvalue weighted by Crippen LogP contribution is 2.46. The number of fused-ring (bicyclic) bond motifs is 1. The Morgan fingerprint density at radius 3 is 2.73 bits per heavy atom. The summed E-state index contributed by atoms with van der Waals surface area (Å²) in [5, 5.41) is 10.5. The maximum Gasteiger partial charge on any atom is 0.256 e. The average molecular weight is 464 g/mol. The molecule has 1 unspecified atom stereocenters. The number of H-pyrrole nitrogens is 1. The van der Waals surface area contributed by atoms with E-state index in [1.807, 2.05) is 25.1 Å². The number of nitriles is 1. The van der Waals surface area contributed by atoms with E-state index in [4.69, 9.17) is 31.5 Å². The quantitative estimate of drug-likeness (QED) is 0.555. The Bertz CT molecular complexity index is 1340. The van der Waals surface area contributed by atoms with Crippen molar-refractivity contribution in [2.45, 2.75) is 26.4 Å². The Morgan fingerprint density at radius 2 is 2.00 bits per heavy atom. The van der Waals surface area contributed by atoms with E-state index in [1.54, 1.807) is 37.3 Å². The Labute approximate surface area is 196 Å². The molecule has 1 aromatic heterocycles. The van der Waals surface area contributed by atoms with E-state index in [0.29, 0.717) is 40.1 Å². The predicted molar refractivity (Wildman–Crippen MR) is 124 cm³/mol. The number of allylic oxidation sites excluding steroid dienone is 1. The molecule has 0 spiro atoms. The highest BCUT2D eigenvalue weighted by molar-refractivity contribution is 6.31. The number of nitrogens with one attached hydrogen (secondary N) is 1. The lowest BCUT2D eigenvalue weighted by Crippen LogP contribution is -2.28. The fraction of sp³-hybridized carbons (Fsp3) is 0.200. The van der Waals surface area contributed by atoms with E-state index in [2.05, 4.69) is 11.1 Å². The van der Waals surface area contributed by atoms with Crippen LogP contribution in [0.25, 0.3) is 0 Å². The number of hydrogen-bond acceptors (Lipinski definition) is 6. The van der Waals surface area contributed by atoms with Crippen LogP contribution in [0.1, 0.15) is 35.2 Å². The fourth-order valence-corrected chi connectivity index (χ4v) is 4.06. The zero-order chi connectivity index (χ0) is 23.5. The van der Waals surface area contributed by atoms with Crippen LogP contribution < -0.4 is 25.5 Å². The van der Waals surface area contributed by atoms with Gasteiger partial charge in [0.25, 0.3) is 5.56 Å². The number of nitrogens with zero attached hydrogens (tertiary/aromatic N) is 1. The molecule has 168 valence electrons. The highest BCUT2D eigenvalue weighted by Gasteiger charge is 2.36. The summed E-state index contributed by atoms with van der Waals surface area (Å²) in [5.41, 5.74) is 8.09. The molecule has 1 aliphatic rings. The first-order chi connectivity index (χ1) is 15.9. The number of hydrogen-bond donors (Lipinski definition) is 2. The van der Waals surface area contributed by atoms with Gasteiger partial charge in [-0.25, -0.2) is 0 Å². The van der Waals surface area contributed by atoms with Gasteiger partial charge in [0.15, 0.2) is 11.5 Å². The van der Waals surface area contributed by atoms with E-state index in [1.165, 1.54) is 0 Å². The summed E-state index contributed by atoms with van der Waals surface area (Å²) < 4.78 is 17.7. The van der Waals surface area contributed by atoms with Crippen LogP contribution in [0.4, 0.5) is 0 Å². The van der Waals surface area contributed by atoms with Gasteiger partial charge in [-0.3, -0.25) is 4.79 Å². The van der Waals surface area contributed by atoms with Crippen LogP contribution in [0.15, 0.2) is 64.8 Å². The lowest BCUT2D eigenvalue weighted by Gasteiger charge is -2.27. The van der Waals surface area contributed by atoms with Crippen LogP contribution in [0, 0.1) is 18.3 Å². The molecule has 3 N–H and O–H groups in total. The molecular weight excluding hydrogens is 442 g/mol. The second-order valence-electron chi connectivity index (χ2n) is 7.47. The van der Waals surface area contributed by atoms with Gasteiger partial charge in [-0.15, -0.1) is 0 Å². The molecule has 2 heterocycles. The molecular formula is C25H22ClN3O4. The molecule has 1 aliphatic heterocycles. The standard InChI is InChI=1S/C25H22ClN3O4/c1-3-31-19-10-6-8-16(23(19)32-13-15-7-4-5-9-18(15)26)21-17(12-27)24(28)33-20-11-14(2)29-25(30)22(20)21/h4-11,21H,3,13,28H2,1-2H3,(H,29,30). The van der Waals surface area contributed by atoms with Gasteiger partial charge < -0.3 is 24.9 Å². The molecule has 0 saturated carbocycles. The smallest absolute Gasteiger partial charge is 0.256 e. The molecule has 1 atom stereocenters. The molecule has 0 amide bonds. The van der Waals surface area contributed by atoms with Crippen LogP contribution in [-0.4, -0.2) is 11.6 Å². The van der Waals surface area contributed by atoms with Crippen molar-refractivity contribution in [3.8, 4) is 23.3 Å². The summed E-state index contributed by atoms with van der Waals surface area (Å²) in [6.45, 7) is 4.17. The maximum absolute atomic E-state index is 13.0. The molecule has 0 aliphatic carbocycles. The zero-order valence-corrected chi connectivity index (χ0v) is 18.9. The molecule has 0 saturated heterocycles. The maximum atomic E-state index is 13.0. The van der Waals surface area contributed by atoms with E-state index < -0.39 is 5.92 Å². The highest BCUT2D eigenvalue weighted by atomic mass is 35.5. The van der Waals surface area contributed by atoms with Crippen LogP contribution in [-0.2, 0) is 6.61 Å². The van der Waals surface area contributed by atoms with Crippen LogP contribution in [0.5, 0.6) is 17.2 Å². The number of aryl methyl sites for hydroxylation is 1. The topological polar surface area (TPSA) is 110 Å². The van der Waals surface area contributed by atoms with Crippen molar-refractivity contribution in [1.29, 1.82) is 5.26 Å². The lowest BCUT2D eigenvalue weighted by atomic mass is 9.83. The number of rotatable bonds is 6. The second-order valence-corrected chi connectivity index (χ2v) is 7.88. The van der Waals surface area contributed by atoms with Crippen molar-refractivity contribution < 1.29 is 14.2 Å². The Hall–Kier alpha value is -3.89. The van der Waals surface area contributed by atoms with Gasteiger partial charge in [0, 0.05) is 27.9 Å². The van der Waals surface area contributed by atoms with Crippen molar-refractivity contribution in [2.24, 2.45) is 5.73 Å². The zero-order valence-electron chi connectivity index (χ0n) is 18.1. The van der Waals surface area contributed by atoms with Gasteiger partial charge >= 0.3 is 0 Å². The molecule has 2 aromatic carbocycles. The monoisotopic (exact) mass is 463 g/mol. The second kappa shape index (κ2) is 9.31. The van der Waals surface area contributed by atoms with Gasteiger partial charge in [0.1, 0.15) is 24.0 Å². The van der Waals surface area contributed by atoms with E-state index in [-0.39, 0.29) is 29.2 Å². The van der Waals surface area contributed by atoms with Crippen molar-refractivity contribution in [2.75, 3.05) is 6.61 Å². The predicted octanol–water partition coefficient (Wildman–Crippen LogP) is 4.53. The summed E-state index contributed by atoms with van der Waals surface area (Å²) in [6, 6.07) is 16.5.